The first kappa shape index (κ1) is 15.2. The highest BCUT2D eigenvalue weighted by Gasteiger charge is 2.25. The molecule has 0 aliphatic carbocycles. The number of ether oxygens (including phenoxy) is 1. The lowest BCUT2D eigenvalue weighted by atomic mass is 10.00. The average Bonchev–Trinajstić information content (AvgIpc) is 2.59. The molecule has 2 N–H and O–H groups in total. The number of methoxy groups -OCH3 is 1. The Morgan fingerprint density at radius 3 is 2.47 bits per heavy atom. The van der Waals surface area contributed by atoms with Crippen molar-refractivity contribution in [3.8, 4) is 0 Å². The molecule has 0 saturated heterocycles. The number of esters is 1. The van der Waals surface area contributed by atoms with Gasteiger partial charge in [-0.2, -0.15) is 5.10 Å². The summed E-state index contributed by atoms with van der Waals surface area (Å²) in [6.45, 7) is 7.31. The second-order valence-electron chi connectivity index (χ2n) is 5.27. The molecule has 0 unspecified atom stereocenters. The molecule has 0 aliphatic rings. The minimum Gasteiger partial charge on any atom is -0.469 e. The first-order valence-electron chi connectivity index (χ1n) is 6.13. The Morgan fingerprint density at radius 1 is 1.37 bits per heavy atom. The number of carbonyl (C=O) groups is 2. The van der Waals surface area contributed by atoms with E-state index >= 15 is 0 Å². The van der Waals surface area contributed by atoms with Crippen molar-refractivity contribution in [2.24, 2.45) is 0 Å². The Balaban J connectivity index is 2.63. The zero-order valence-corrected chi connectivity index (χ0v) is 12.1. The van der Waals surface area contributed by atoms with E-state index < -0.39 is 5.54 Å². The average molecular weight is 267 g/mol. The van der Waals surface area contributed by atoms with E-state index in [0.717, 1.165) is 17.0 Å². The lowest BCUT2D eigenvalue weighted by molar-refractivity contribution is -0.142. The number of amides is 1. The summed E-state index contributed by atoms with van der Waals surface area (Å²) >= 11 is 0. The molecule has 0 aliphatic heterocycles. The molecule has 106 valence electrons. The molecule has 6 nitrogen and oxygen atoms in total. The van der Waals surface area contributed by atoms with Gasteiger partial charge in [-0.3, -0.25) is 14.7 Å². The number of H-pyrrole nitrogens is 1. The quantitative estimate of drug-likeness (QED) is 0.780. The maximum Gasteiger partial charge on any atom is 0.307 e. The van der Waals surface area contributed by atoms with Crippen LogP contribution in [-0.4, -0.2) is 34.7 Å². The number of nitrogens with zero attached hydrogens (tertiary/aromatic N) is 1. The Bertz CT molecular complexity index is 458. The topological polar surface area (TPSA) is 84.1 Å². The van der Waals surface area contributed by atoms with E-state index in [4.69, 9.17) is 0 Å². The van der Waals surface area contributed by atoms with Crippen LogP contribution in [0.4, 0.5) is 0 Å². The summed E-state index contributed by atoms with van der Waals surface area (Å²) in [5, 5.41) is 9.72. The molecule has 0 radical (unpaired) electrons. The lowest BCUT2D eigenvalue weighted by Gasteiger charge is -2.25. The molecule has 0 aromatic carbocycles. The van der Waals surface area contributed by atoms with E-state index in [1.165, 1.54) is 7.11 Å². The number of carbonyl (C=O) groups excluding carboxylic acids is 2. The van der Waals surface area contributed by atoms with Crippen molar-refractivity contribution in [3.05, 3.63) is 17.0 Å². The molecule has 1 amide bonds. The maximum absolute atomic E-state index is 12.0. The minimum absolute atomic E-state index is 0.137. The molecule has 1 aromatic heterocycles. The first-order valence-corrected chi connectivity index (χ1v) is 6.13. The van der Waals surface area contributed by atoms with Gasteiger partial charge in [0.05, 0.1) is 25.6 Å². The number of nitrogens with one attached hydrogen (secondary N) is 2. The smallest absolute Gasteiger partial charge is 0.307 e. The summed E-state index contributed by atoms with van der Waals surface area (Å²) in [7, 11) is 1.33. The second kappa shape index (κ2) is 5.86. The number of aromatic amines is 1. The largest absolute Gasteiger partial charge is 0.469 e. The fourth-order valence-electron chi connectivity index (χ4n) is 1.89. The van der Waals surface area contributed by atoms with Crippen LogP contribution in [0.3, 0.4) is 0 Å². The fraction of sp³-hybridized carbons (Fsp3) is 0.615. The van der Waals surface area contributed by atoms with E-state index in [1.807, 2.05) is 13.8 Å². The van der Waals surface area contributed by atoms with Crippen LogP contribution in [0.15, 0.2) is 0 Å². The van der Waals surface area contributed by atoms with Gasteiger partial charge >= 0.3 is 5.97 Å². The summed E-state index contributed by atoms with van der Waals surface area (Å²) in [6.07, 6.45) is 0.386. The summed E-state index contributed by atoms with van der Waals surface area (Å²) in [6, 6.07) is 0. The summed E-state index contributed by atoms with van der Waals surface area (Å²) < 4.78 is 4.61. The van der Waals surface area contributed by atoms with Crippen LogP contribution in [0.1, 0.15) is 37.2 Å². The molecule has 0 bridgehead atoms. The lowest BCUT2D eigenvalue weighted by Crippen LogP contribution is -2.45. The van der Waals surface area contributed by atoms with E-state index in [1.54, 1.807) is 13.8 Å². The molecule has 19 heavy (non-hydrogen) atoms. The van der Waals surface area contributed by atoms with Crippen LogP contribution < -0.4 is 5.32 Å². The zero-order chi connectivity index (χ0) is 14.6. The van der Waals surface area contributed by atoms with E-state index in [9.17, 15) is 9.59 Å². The second-order valence-corrected chi connectivity index (χ2v) is 5.27. The number of rotatable bonds is 5. The fourth-order valence-corrected chi connectivity index (χ4v) is 1.89. The third-order valence-electron chi connectivity index (χ3n) is 2.91. The number of hydrogen-bond donors (Lipinski definition) is 2. The van der Waals surface area contributed by atoms with E-state index in [2.05, 4.69) is 20.3 Å². The van der Waals surface area contributed by atoms with Crippen molar-refractivity contribution in [2.75, 3.05) is 7.11 Å². The van der Waals surface area contributed by atoms with Gasteiger partial charge < -0.3 is 10.1 Å². The summed E-state index contributed by atoms with van der Waals surface area (Å²) in [4.78, 5) is 23.2. The molecule has 0 spiro atoms. The van der Waals surface area contributed by atoms with Crippen molar-refractivity contribution in [2.45, 2.75) is 46.1 Å². The normalized spacial score (nSPS) is 11.2. The van der Waals surface area contributed by atoms with E-state index in [-0.39, 0.29) is 24.7 Å². The minimum atomic E-state index is -0.629. The van der Waals surface area contributed by atoms with Gasteiger partial charge in [0.15, 0.2) is 0 Å². The van der Waals surface area contributed by atoms with Crippen molar-refractivity contribution < 1.29 is 14.3 Å². The predicted molar refractivity (Wildman–Crippen MR) is 70.6 cm³/mol. The maximum atomic E-state index is 12.0. The third-order valence-corrected chi connectivity index (χ3v) is 2.91. The summed E-state index contributed by atoms with van der Waals surface area (Å²) in [5.41, 5.74) is 1.97. The molecule has 0 fully saturated rings. The first-order chi connectivity index (χ1) is 8.75. The molecular weight excluding hydrogens is 246 g/mol. The molecule has 1 heterocycles. The molecule has 6 heteroatoms. The standard InChI is InChI=1S/C13H21N3O3/c1-8-10(9(2)16-15-8)6-11(17)14-13(3,4)7-12(18)19-5/h6-7H2,1-5H3,(H,14,17)(H,15,16). The van der Waals surface area contributed by atoms with Gasteiger partial charge in [0.2, 0.25) is 5.91 Å². The SMILES string of the molecule is COC(=O)CC(C)(C)NC(=O)Cc1c(C)n[nH]c1C. The number of aromatic nitrogens is 2. The molecular formula is C13H21N3O3. The van der Waals surface area contributed by atoms with Gasteiger partial charge in [0.25, 0.3) is 0 Å². The Kier molecular flexibility index (Phi) is 4.69. The molecule has 0 atom stereocenters. The van der Waals surface area contributed by atoms with E-state index in [0.29, 0.717) is 0 Å². The van der Waals surface area contributed by atoms with Gasteiger partial charge in [-0.05, 0) is 27.7 Å². The Hall–Kier alpha value is -1.85. The monoisotopic (exact) mass is 267 g/mol. The van der Waals surface area contributed by atoms with Crippen LogP contribution in [0.2, 0.25) is 0 Å². The highest BCUT2D eigenvalue weighted by Crippen LogP contribution is 2.13. The summed E-state index contributed by atoms with van der Waals surface area (Å²) in [5.74, 6) is -0.484. The Morgan fingerprint density at radius 2 is 2.00 bits per heavy atom. The van der Waals surface area contributed by atoms with Gasteiger partial charge in [-0.15, -0.1) is 0 Å². The van der Waals surface area contributed by atoms with Crippen LogP contribution in [-0.2, 0) is 20.7 Å². The van der Waals surface area contributed by atoms with Crippen LogP contribution in [0, 0.1) is 13.8 Å². The van der Waals surface area contributed by atoms with Crippen molar-refractivity contribution >= 4 is 11.9 Å². The molecule has 1 rings (SSSR count). The van der Waals surface area contributed by atoms with Crippen LogP contribution in [0.5, 0.6) is 0 Å². The van der Waals surface area contributed by atoms with Crippen molar-refractivity contribution in [3.63, 3.8) is 0 Å². The van der Waals surface area contributed by atoms with Crippen LogP contribution >= 0.6 is 0 Å². The third kappa shape index (κ3) is 4.39. The highest BCUT2D eigenvalue weighted by atomic mass is 16.5. The zero-order valence-electron chi connectivity index (χ0n) is 12.1. The number of hydrogen-bond acceptors (Lipinski definition) is 4. The molecule has 1 aromatic rings. The van der Waals surface area contributed by atoms with Gasteiger partial charge in [0.1, 0.15) is 0 Å². The van der Waals surface area contributed by atoms with Gasteiger partial charge in [-0.25, -0.2) is 0 Å². The molecule has 0 saturated carbocycles. The predicted octanol–water partition coefficient (Wildman–Crippen LogP) is 1.03. The number of aryl methyl sites for hydroxylation is 2. The van der Waals surface area contributed by atoms with Gasteiger partial charge in [-0.1, -0.05) is 0 Å². The van der Waals surface area contributed by atoms with Crippen molar-refractivity contribution in [1.82, 2.24) is 15.5 Å². The van der Waals surface area contributed by atoms with Crippen LogP contribution in [0.25, 0.3) is 0 Å². The van der Waals surface area contributed by atoms with Crippen molar-refractivity contribution in [1.29, 1.82) is 0 Å². The highest BCUT2D eigenvalue weighted by molar-refractivity contribution is 5.81. The Labute approximate surface area is 112 Å². The van der Waals surface area contributed by atoms with Gasteiger partial charge in [0, 0.05) is 16.8 Å².